The molecule has 1 aliphatic rings. The van der Waals surface area contributed by atoms with Crippen LogP contribution in [0.1, 0.15) is 30.9 Å². The highest BCUT2D eigenvalue weighted by molar-refractivity contribution is 6.32. The summed E-state index contributed by atoms with van der Waals surface area (Å²) >= 11 is 5.91. The third-order valence-corrected chi connectivity index (χ3v) is 4.02. The molecule has 0 aromatic heterocycles. The molecule has 0 spiro atoms. The minimum absolute atomic E-state index is 0.418. The van der Waals surface area contributed by atoms with Crippen LogP contribution in [-0.4, -0.2) is 18.3 Å². The first-order chi connectivity index (χ1) is 12.2. The Hall–Kier alpha value is -2.59. The van der Waals surface area contributed by atoms with E-state index in [-0.39, 0.29) is 0 Å². The van der Waals surface area contributed by atoms with Gasteiger partial charge in [-0.3, -0.25) is 0 Å². The Balaban J connectivity index is 1.79. The van der Waals surface area contributed by atoms with Gasteiger partial charge in [0.1, 0.15) is 11.5 Å². The first-order valence-corrected chi connectivity index (χ1v) is 8.55. The minimum atomic E-state index is -0.465. The van der Waals surface area contributed by atoms with Gasteiger partial charge in [-0.15, -0.1) is 0 Å². The molecular formula is C20H18ClNO3. The minimum Gasteiger partial charge on any atom is -0.494 e. The number of carbonyl (C=O) groups is 1. The number of ether oxygens (including phenoxy) is 1. The van der Waals surface area contributed by atoms with Gasteiger partial charge in [0, 0.05) is 10.6 Å². The van der Waals surface area contributed by atoms with Gasteiger partial charge < -0.3 is 9.57 Å². The van der Waals surface area contributed by atoms with Crippen LogP contribution in [0.4, 0.5) is 0 Å². The predicted molar refractivity (Wildman–Crippen MR) is 98.9 cm³/mol. The lowest BCUT2D eigenvalue weighted by Crippen LogP contribution is -2.06. The van der Waals surface area contributed by atoms with E-state index >= 15 is 0 Å². The zero-order chi connectivity index (χ0) is 17.6. The van der Waals surface area contributed by atoms with Gasteiger partial charge in [0.2, 0.25) is 0 Å². The third kappa shape index (κ3) is 4.28. The van der Waals surface area contributed by atoms with E-state index in [4.69, 9.17) is 21.2 Å². The number of oxime groups is 1. The molecular weight excluding hydrogens is 338 g/mol. The average molecular weight is 356 g/mol. The molecule has 1 heterocycles. The zero-order valence-electron chi connectivity index (χ0n) is 13.9. The van der Waals surface area contributed by atoms with Crippen molar-refractivity contribution in [2.24, 2.45) is 5.16 Å². The maximum atomic E-state index is 12.0. The summed E-state index contributed by atoms with van der Waals surface area (Å²) in [7, 11) is 0. The maximum absolute atomic E-state index is 12.0. The lowest BCUT2D eigenvalue weighted by molar-refractivity contribution is -0.136. The highest BCUT2D eigenvalue weighted by atomic mass is 35.5. The lowest BCUT2D eigenvalue weighted by Gasteiger charge is -2.05. The van der Waals surface area contributed by atoms with Crippen molar-refractivity contribution in [3.05, 3.63) is 70.3 Å². The van der Waals surface area contributed by atoms with Crippen LogP contribution in [0.3, 0.4) is 0 Å². The number of hydrogen-bond donors (Lipinski definition) is 0. The van der Waals surface area contributed by atoms with Crippen molar-refractivity contribution in [1.29, 1.82) is 0 Å². The fraction of sp³-hybridized carbons (Fsp3) is 0.200. The maximum Gasteiger partial charge on any atom is 0.368 e. The fourth-order valence-electron chi connectivity index (χ4n) is 2.39. The summed E-state index contributed by atoms with van der Waals surface area (Å²) in [4.78, 5) is 16.9. The van der Waals surface area contributed by atoms with E-state index in [1.807, 2.05) is 36.4 Å². The summed E-state index contributed by atoms with van der Waals surface area (Å²) in [5.74, 6) is 0.351. The van der Waals surface area contributed by atoms with Gasteiger partial charge in [0.05, 0.1) is 12.2 Å². The molecule has 0 fully saturated rings. The van der Waals surface area contributed by atoms with Gasteiger partial charge >= 0.3 is 5.97 Å². The van der Waals surface area contributed by atoms with E-state index in [0.29, 0.717) is 22.9 Å². The molecule has 5 heteroatoms. The second kappa shape index (κ2) is 7.99. The molecule has 0 saturated carbocycles. The normalized spacial score (nSPS) is 15.2. The molecule has 2 aromatic carbocycles. The van der Waals surface area contributed by atoms with Crippen LogP contribution in [0.2, 0.25) is 5.02 Å². The van der Waals surface area contributed by atoms with Crippen LogP contribution in [0.15, 0.2) is 59.3 Å². The molecule has 0 N–H and O–H groups in total. The summed E-state index contributed by atoms with van der Waals surface area (Å²) in [6.07, 6.45) is 3.89. The molecule has 25 heavy (non-hydrogen) atoms. The number of nitrogens with zero attached hydrogens (tertiary/aromatic N) is 1. The lowest BCUT2D eigenvalue weighted by atomic mass is 10.0. The van der Waals surface area contributed by atoms with E-state index in [0.717, 1.165) is 29.7 Å². The smallest absolute Gasteiger partial charge is 0.368 e. The fourth-order valence-corrected chi connectivity index (χ4v) is 2.51. The van der Waals surface area contributed by atoms with Crippen LogP contribution >= 0.6 is 11.6 Å². The quantitative estimate of drug-likeness (QED) is 0.422. The van der Waals surface area contributed by atoms with E-state index in [2.05, 4.69) is 12.1 Å². The molecule has 0 amide bonds. The third-order valence-electron chi connectivity index (χ3n) is 3.77. The van der Waals surface area contributed by atoms with E-state index in [1.54, 1.807) is 18.2 Å². The van der Waals surface area contributed by atoms with Gasteiger partial charge in [-0.25, -0.2) is 4.79 Å². The Morgan fingerprint density at radius 1 is 1.12 bits per heavy atom. The Morgan fingerprint density at radius 3 is 2.52 bits per heavy atom. The number of rotatable bonds is 6. The Labute approximate surface area is 151 Å². The SMILES string of the molecule is CCCCOc1ccc(C=C2C(=O)ON=C2c2ccc(Cl)cc2)cc1. The van der Waals surface area contributed by atoms with Crippen molar-refractivity contribution in [3.8, 4) is 5.75 Å². The van der Waals surface area contributed by atoms with Crippen molar-refractivity contribution in [3.63, 3.8) is 0 Å². The van der Waals surface area contributed by atoms with Crippen LogP contribution in [0.25, 0.3) is 6.08 Å². The van der Waals surface area contributed by atoms with Crippen LogP contribution in [-0.2, 0) is 9.63 Å². The molecule has 1 aliphatic heterocycles. The zero-order valence-corrected chi connectivity index (χ0v) is 14.6. The van der Waals surface area contributed by atoms with Gasteiger partial charge in [0.15, 0.2) is 0 Å². The van der Waals surface area contributed by atoms with Crippen molar-refractivity contribution in [1.82, 2.24) is 0 Å². The summed E-state index contributed by atoms with van der Waals surface area (Å²) in [5, 5.41) is 4.52. The number of halogens is 1. The second-order valence-electron chi connectivity index (χ2n) is 5.65. The largest absolute Gasteiger partial charge is 0.494 e. The first kappa shape index (κ1) is 17.2. The Bertz CT molecular complexity index is 808. The van der Waals surface area contributed by atoms with E-state index in [9.17, 15) is 4.79 Å². The monoisotopic (exact) mass is 355 g/mol. The second-order valence-corrected chi connectivity index (χ2v) is 6.09. The van der Waals surface area contributed by atoms with E-state index in [1.165, 1.54) is 0 Å². The molecule has 4 nitrogen and oxygen atoms in total. The predicted octanol–water partition coefficient (Wildman–Crippen LogP) is 4.86. The molecule has 0 aliphatic carbocycles. The number of carbonyl (C=O) groups excluding carboxylic acids is 1. The molecule has 0 radical (unpaired) electrons. The summed E-state index contributed by atoms with van der Waals surface area (Å²) < 4.78 is 5.65. The van der Waals surface area contributed by atoms with Gasteiger partial charge in [-0.05, 0) is 42.3 Å². The standard InChI is InChI=1S/C20H18ClNO3/c1-2-3-12-24-17-10-4-14(5-11-17)13-18-19(22-25-20(18)23)15-6-8-16(21)9-7-15/h4-11,13H,2-3,12H2,1H3. The van der Waals surface area contributed by atoms with Crippen molar-refractivity contribution in [2.45, 2.75) is 19.8 Å². The van der Waals surface area contributed by atoms with E-state index < -0.39 is 5.97 Å². The summed E-state index contributed by atoms with van der Waals surface area (Å²) in [6, 6.07) is 14.7. The van der Waals surface area contributed by atoms with Crippen molar-refractivity contribution >= 4 is 29.4 Å². The Morgan fingerprint density at radius 2 is 1.84 bits per heavy atom. The summed E-state index contributed by atoms with van der Waals surface area (Å²) in [5.41, 5.74) is 2.58. The molecule has 128 valence electrons. The molecule has 0 unspecified atom stereocenters. The molecule has 2 aromatic rings. The highest BCUT2D eigenvalue weighted by Crippen LogP contribution is 2.23. The van der Waals surface area contributed by atoms with Gasteiger partial charge in [-0.2, -0.15) is 0 Å². The van der Waals surface area contributed by atoms with Crippen molar-refractivity contribution in [2.75, 3.05) is 6.61 Å². The number of benzene rings is 2. The molecule has 0 atom stereocenters. The first-order valence-electron chi connectivity index (χ1n) is 8.17. The van der Waals surface area contributed by atoms with Gasteiger partial charge in [-0.1, -0.05) is 54.4 Å². The average Bonchev–Trinajstić information content (AvgIpc) is 2.98. The number of unbranched alkanes of at least 4 members (excludes halogenated alkanes) is 1. The topological polar surface area (TPSA) is 47.9 Å². The summed E-state index contributed by atoms with van der Waals surface area (Å²) in [6.45, 7) is 2.83. The number of hydrogen-bond acceptors (Lipinski definition) is 4. The van der Waals surface area contributed by atoms with Crippen LogP contribution in [0, 0.1) is 0 Å². The van der Waals surface area contributed by atoms with Crippen LogP contribution < -0.4 is 4.74 Å². The van der Waals surface area contributed by atoms with Gasteiger partial charge in [0.25, 0.3) is 0 Å². The Kier molecular flexibility index (Phi) is 5.51. The van der Waals surface area contributed by atoms with Crippen LogP contribution in [0.5, 0.6) is 5.75 Å². The molecule has 0 saturated heterocycles. The molecule has 3 rings (SSSR count). The van der Waals surface area contributed by atoms with Crippen molar-refractivity contribution < 1.29 is 14.4 Å². The highest BCUT2D eigenvalue weighted by Gasteiger charge is 2.26. The molecule has 0 bridgehead atoms.